The van der Waals surface area contributed by atoms with Crippen molar-refractivity contribution in [1.29, 1.82) is 0 Å². The predicted octanol–water partition coefficient (Wildman–Crippen LogP) is 2.43. The zero-order chi connectivity index (χ0) is 11.5. The summed E-state index contributed by atoms with van der Waals surface area (Å²) >= 11 is 3.68. The molecule has 0 bridgehead atoms. The first-order valence-corrected chi connectivity index (χ1v) is 6.95. The summed E-state index contributed by atoms with van der Waals surface area (Å²) in [4.78, 5) is 0. The Bertz CT molecular complexity index is 353. The molecule has 0 aromatic carbocycles. The number of halogens is 1. The fourth-order valence-electron chi connectivity index (χ4n) is 2.37. The molecule has 2 rings (SSSR count). The number of aryl methyl sites for hydroxylation is 2. The van der Waals surface area contributed by atoms with Crippen LogP contribution in [-0.2, 0) is 19.9 Å². The molecule has 1 unspecified atom stereocenters. The van der Waals surface area contributed by atoms with Gasteiger partial charge < -0.3 is 5.32 Å². The molecule has 0 radical (unpaired) electrons. The van der Waals surface area contributed by atoms with E-state index in [1.54, 1.807) is 0 Å². The van der Waals surface area contributed by atoms with E-state index in [9.17, 15) is 0 Å². The van der Waals surface area contributed by atoms with E-state index in [0.29, 0.717) is 6.04 Å². The molecule has 1 aliphatic rings. The van der Waals surface area contributed by atoms with Gasteiger partial charge in [0.15, 0.2) is 0 Å². The maximum atomic E-state index is 4.54. The predicted molar refractivity (Wildman–Crippen MR) is 69.6 cm³/mol. The van der Waals surface area contributed by atoms with Crippen LogP contribution in [0.25, 0.3) is 0 Å². The van der Waals surface area contributed by atoms with Crippen LogP contribution < -0.4 is 5.32 Å². The molecule has 3 nitrogen and oxygen atoms in total. The van der Waals surface area contributed by atoms with E-state index in [-0.39, 0.29) is 0 Å². The largest absolute Gasteiger partial charge is 0.314 e. The Hall–Kier alpha value is -0.350. The van der Waals surface area contributed by atoms with Crippen LogP contribution >= 0.6 is 15.9 Å². The summed E-state index contributed by atoms with van der Waals surface area (Å²) in [6.07, 6.45) is 6.05. The second-order valence-electron chi connectivity index (χ2n) is 4.54. The van der Waals surface area contributed by atoms with Crippen molar-refractivity contribution in [3.63, 3.8) is 0 Å². The molecule has 0 saturated carbocycles. The molecule has 1 atom stereocenters. The third-order valence-electron chi connectivity index (χ3n) is 3.36. The van der Waals surface area contributed by atoms with Gasteiger partial charge in [0.25, 0.3) is 0 Å². The average Bonchev–Trinajstić information content (AvgIpc) is 2.58. The van der Waals surface area contributed by atoms with Crippen LogP contribution in [-0.4, -0.2) is 22.4 Å². The smallest absolute Gasteiger partial charge is 0.0766 e. The number of hydrogen-bond donors (Lipinski definition) is 1. The quantitative estimate of drug-likeness (QED) is 0.925. The van der Waals surface area contributed by atoms with E-state index < -0.39 is 0 Å². The van der Waals surface area contributed by atoms with Gasteiger partial charge in [0.2, 0.25) is 0 Å². The molecule has 1 aliphatic heterocycles. The maximum absolute atomic E-state index is 4.54. The van der Waals surface area contributed by atoms with Gasteiger partial charge >= 0.3 is 0 Å². The number of nitrogens with one attached hydrogen (secondary N) is 1. The standard InChI is InChI=1S/C12H20BrN3/c1-3-10-12(13)11(16(2)15-10)8-9-6-4-5-7-14-9/h9,14H,3-8H2,1-2H3. The third-order valence-corrected chi connectivity index (χ3v) is 4.27. The summed E-state index contributed by atoms with van der Waals surface area (Å²) in [5.41, 5.74) is 2.50. The molecule has 4 heteroatoms. The molecule has 16 heavy (non-hydrogen) atoms. The van der Waals surface area contributed by atoms with Crippen LogP contribution in [0.1, 0.15) is 37.6 Å². The summed E-state index contributed by atoms with van der Waals surface area (Å²) in [5, 5.41) is 8.12. The van der Waals surface area contributed by atoms with Gasteiger partial charge in [-0.2, -0.15) is 5.10 Å². The number of rotatable bonds is 3. The van der Waals surface area contributed by atoms with Gasteiger partial charge in [-0.15, -0.1) is 0 Å². The minimum Gasteiger partial charge on any atom is -0.314 e. The molecule has 90 valence electrons. The van der Waals surface area contributed by atoms with Crippen molar-refractivity contribution in [3.8, 4) is 0 Å². The summed E-state index contributed by atoms with van der Waals surface area (Å²) in [7, 11) is 2.04. The SMILES string of the molecule is CCc1nn(C)c(CC2CCCCN2)c1Br. The Morgan fingerprint density at radius 1 is 1.50 bits per heavy atom. The van der Waals surface area contributed by atoms with Gasteiger partial charge in [-0.05, 0) is 41.7 Å². The highest BCUT2D eigenvalue weighted by Gasteiger charge is 2.18. The van der Waals surface area contributed by atoms with Crippen LogP contribution in [0, 0.1) is 0 Å². The van der Waals surface area contributed by atoms with E-state index in [0.717, 1.165) is 12.8 Å². The highest BCUT2D eigenvalue weighted by atomic mass is 79.9. The molecule has 0 amide bonds. The van der Waals surface area contributed by atoms with E-state index in [1.807, 2.05) is 11.7 Å². The second kappa shape index (κ2) is 5.32. The van der Waals surface area contributed by atoms with E-state index in [2.05, 4.69) is 33.3 Å². The van der Waals surface area contributed by atoms with E-state index in [4.69, 9.17) is 0 Å². The number of hydrogen-bond acceptors (Lipinski definition) is 2. The second-order valence-corrected chi connectivity index (χ2v) is 5.33. The third kappa shape index (κ3) is 2.48. The molecule has 1 aromatic heterocycles. The Labute approximate surface area is 106 Å². The molecule has 1 fully saturated rings. The highest BCUT2D eigenvalue weighted by molar-refractivity contribution is 9.10. The van der Waals surface area contributed by atoms with Crippen molar-refractivity contribution in [2.75, 3.05) is 6.54 Å². The van der Waals surface area contributed by atoms with Crippen LogP contribution in [0.5, 0.6) is 0 Å². The summed E-state index contributed by atoms with van der Waals surface area (Å²) in [6.45, 7) is 3.32. The van der Waals surface area contributed by atoms with Crippen LogP contribution in [0.15, 0.2) is 4.47 Å². The fraction of sp³-hybridized carbons (Fsp3) is 0.750. The molecule has 2 heterocycles. The Morgan fingerprint density at radius 3 is 2.88 bits per heavy atom. The van der Waals surface area contributed by atoms with Crippen molar-refractivity contribution < 1.29 is 0 Å². The zero-order valence-corrected chi connectivity index (χ0v) is 11.7. The Morgan fingerprint density at radius 2 is 2.31 bits per heavy atom. The summed E-state index contributed by atoms with van der Waals surface area (Å²) in [5.74, 6) is 0. The molecule has 1 aromatic rings. The minimum absolute atomic E-state index is 0.630. The topological polar surface area (TPSA) is 29.9 Å². The van der Waals surface area contributed by atoms with Gasteiger partial charge in [-0.1, -0.05) is 13.3 Å². The number of aromatic nitrogens is 2. The van der Waals surface area contributed by atoms with Crippen LogP contribution in [0.4, 0.5) is 0 Å². The van der Waals surface area contributed by atoms with Crippen molar-refractivity contribution in [2.45, 2.75) is 45.1 Å². The highest BCUT2D eigenvalue weighted by Crippen LogP contribution is 2.24. The molecule has 0 aliphatic carbocycles. The molecule has 1 N–H and O–H groups in total. The lowest BCUT2D eigenvalue weighted by atomic mass is 10.0. The first kappa shape index (κ1) is 12.1. The monoisotopic (exact) mass is 285 g/mol. The minimum atomic E-state index is 0.630. The lowest BCUT2D eigenvalue weighted by Gasteiger charge is -2.23. The summed E-state index contributed by atoms with van der Waals surface area (Å²) < 4.78 is 3.24. The van der Waals surface area contributed by atoms with Gasteiger partial charge in [0, 0.05) is 19.5 Å². The van der Waals surface area contributed by atoms with Crippen molar-refractivity contribution in [2.24, 2.45) is 7.05 Å². The summed E-state index contributed by atoms with van der Waals surface area (Å²) in [6, 6.07) is 0.630. The number of nitrogens with zero attached hydrogens (tertiary/aromatic N) is 2. The maximum Gasteiger partial charge on any atom is 0.0766 e. The van der Waals surface area contributed by atoms with Gasteiger partial charge in [0.1, 0.15) is 0 Å². The van der Waals surface area contributed by atoms with Crippen molar-refractivity contribution in [3.05, 3.63) is 15.9 Å². The van der Waals surface area contributed by atoms with Gasteiger partial charge in [-0.3, -0.25) is 4.68 Å². The Kier molecular flexibility index (Phi) is 4.03. The van der Waals surface area contributed by atoms with E-state index >= 15 is 0 Å². The van der Waals surface area contributed by atoms with Gasteiger partial charge in [-0.25, -0.2) is 0 Å². The normalized spacial score (nSPS) is 21.3. The lowest BCUT2D eigenvalue weighted by molar-refractivity contribution is 0.392. The van der Waals surface area contributed by atoms with E-state index in [1.165, 1.54) is 41.7 Å². The average molecular weight is 286 g/mol. The molecular formula is C12H20BrN3. The number of piperidine rings is 1. The first-order valence-electron chi connectivity index (χ1n) is 6.16. The fourth-order valence-corrected chi connectivity index (χ4v) is 3.15. The van der Waals surface area contributed by atoms with Crippen molar-refractivity contribution in [1.82, 2.24) is 15.1 Å². The Balaban J connectivity index is 2.10. The van der Waals surface area contributed by atoms with Crippen LogP contribution in [0.2, 0.25) is 0 Å². The van der Waals surface area contributed by atoms with Gasteiger partial charge in [0.05, 0.1) is 15.9 Å². The lowest BCUT2D eigenvalue weighted by Crippen LogP contribution is -2.36. The molecule has 0 spiro atoms. The zero-order valence-electron chi connectivity index (χ0n) is 10.1. The first-order chi connectivity index (χ1) is 7.72. The molecule has 1 saturated heterocycles. The van der Waals surface area contributed by atoms with Crippen LogP contribution in [0.3, 0.4) is 0 Å². The van der Waals surface area contributed by atoms with Crippen molar-refractivity contribution >= 4 is 15.9 Å². The molecular weight excluding hydrogens is 266 g/mol.